The quantitative estimate of drug-likeness (QED) is 0.0511. The van der Waals surface area contributed by atoms with Gasteiger partial charge in [0.15, 0.2) is 6.61 Å². The van der Waals surface area contributed by atoms with Crippen LogP contribution < -0.4 is 0 Å². The lowest BCUT2D eigenvalue weighted by atomic mass is 9.77. The lowest BCUT2D eigenvalue weighted by Gasteiger charge is -2.40. The Balaban J connectivity index is 1.28. The summed E-state index contributed by atoms with van der Waals surface area (Å²) in [5.41, 5.74) is 2.79. The van der Waals surface area contributed by atoms with E-state index in [0.29, 0.717) is 44.8 Å². The van der Waals surface area contributed by atoms with Crippen LogP contribution in [0.2, 0.25) is 51.4 Å². The molecule has 12 nitrogen and oxygen atoms in total. The first kappa shape index (κ1) is 47.9. The molecular weight excluding hydrogens is 787 g/mol. The van der Waals surface area contributed by atoms with Crippen molar-refractivity contribution in [1.82, 2.24) is 33.8 Å². The Hall–Kier alpha value is -3.15. The summed E-state index contributed by atoms with van der Waals surface area (Å²) in [6, 6.07) is 10.9. The molecular formula is C46H77N7O5Si2. The smallest absolute Gasteiger partial charge is 0.303 e. The van der Waals surface area contributed by atoms with Gasteiger partial charge in [0, 0.05) is 107 Å². The maximum absolute atomic E-state index is 13.9. The van der Waals surface area contributed by atoms with Gasteiger partial charge in [0.25, 0.3) is 5.91 Å². The van der Waals surface area contributed by atoms with Gasteiger partial charge in [0.1, 0.15) is 25.1 Å². The van der Waals surface area contributed by atoms with Crippen molar-refractivity contribution in [2.24, 2.45) is 17.3 Å². The van der Waals surface area contributed by atoms with E-state index in [9.17, 15) is 9.59 Å². The molecule has 1 amide bonds. The van der Waals surface area contributed by atoms with Crippen LogP contribution in [-0.4, -0.2) is 121 Å². The molecule has 1 aromatic carbocycles. The van der Waals surface area contributed by atoms with Crippen molar-refractivity contribution < 1.29 is 23.8 Å². The summed E-state index contributed by atoms with van der Waals surface area (Å²) < 4.78 is 21.7. The van der Waals surface area contributed by atoms with Crippen molar-refractivity contribution in [3.8, 4) is 0 Å². The van der Waals surface area contributed by atoms with Crippen LogP contribution in [-0.2, 0) is 63.2 Å². The summed E-state index contributed by atoms with van der Waals surface area (Å²) in [5.74, 6) is 1.78. The Kier molecular flexibility index (Phi) is 17.8. The molecule has 334 valence electrons. The van der Waals surface area contributed by atoms with Crippen molar-refractivity contribution in [3.05, 3.63) is 71.8 Å². The third-order valence-electron chi connectivity index (χ3n) is 12.1. The van der Waals surface area contributed by atoms with Crippen molar-refractivity contribution in [2.45, 2.75) is 131 Å². The number of amides is 1. The van der Waals surface area contributed by atoms with E-state index in [0.717, 1.165) is 61.5 Å². The monoisotopic (exact) mass is 864 g/mol. The highest BCUT2D eigenvalue weighted by atomic mass is 28.3. The number of ether oxygens (including phenoxy) is 3. The fraction of sp³-hybridized carbons (Fsp3) is 0.696. The topological polar surface area (TPSA) is 107 Å². The number of imidazole rings is 2. The Morgan fingerprint density at radius 2 is 1.30 bits per heavy atom. The Morgan fingerprint density at radius 3 is 1.80 bits per heavy atom. The average Bonchev–Trinajstić information content (AvgIpc) is 3.92. The lowest BCUT2D eigenvalue weighted by molar-refractivity contribution is -0.150. The molecule has 1 spiro atoms. The second-order valence-electron chi connectivity index (χ2n) is 20.6. The number of piperidine rings is 1. The third kappa shape index (κ3) is 16.3. The molecule has 3 aromatic rings. The third-order valence-corrected chi connectivity index (χ3v) is 15.5. The first-order valence-electron chi connectivity index (χ1n) is 22.5. The fourth-order valence-electron chi connectivity index (χ4n) is 8.44. The number of hydrogen-bond donors (Lipinski definition) is 0. The Morgan fingerprint density at radius 1 is 0.783 bits per heavy atom. The molecule has 5 rings (SSSR count). The van der Waals surface area contributed by atoms with Gasteiger partial charge in [-0.2, -0.15) is 0 Å². The highest BCUT2D eigenvalue weighted by Gasteiger charge is 2.40. The maximum Gasteiger partial charge on any atom is 0.303 e. The maximum atomic E-state index is 13.9. The molecule has 2 saturated heterocycles. The molecule has 0 radical (unpaired) electrons. The standard InChI is InChI=1S/C46H77N7O5Si2/c1-38(2)30-49-19-14-46(15-20-49)16-21-50(35-46)31-40-10-12-41(13-11-40)32-53(45(55)34-58-39(3)54)33-42(28-43-47-17-22-51(43)36-56-24-26-59(4,5)6)29-44-48-18-23-52(44)37-57-25-27-60(7,8)9/h10-13,17-18,22-23,38,42H,14-16,19-21,24-37H2,1-9H3. The molecule has 2 aromatic heterocycles. The van der Waals surface area contributed by atoms with E-state index in [1.807, 2.05) is 29.7 Å². The number of likely N-dealkylation sites (tertiary alicyclic amines) is 2. The minimum Gasteiger partial charge on any atom is -0.456 e. The minimum absolute atomic E-state index is 0.0449. The zero-order valence-electron chi connectivity index (χ0n) is 38.6. The van der Waals surface area contributed by atoms with Gasteiger partial charge in [0.2, 0.25) is 0 Å². The first-order valence-corrected chi connectivity index (χ1v) is 29.9. The van der Waals surface area contributed by atoms with Crippen LogP contribution in [0, 0.1) is 17.3 Å². The molecule has 60 heavy (non-hydrogen) atoms. The fourth-order valence-corrected chi connectivity index (χ4v) is 9.96. The van der Waals surface area contributed by atoms with Crippen molar-refractivity contribution in [1.29, 1.82) is 0 Å². The predicted molar refractivity (Wildman–Crippen MR) is 245 cm³/mol. The van der Waals surface area contributed by atoms with Crippen LogP contribution in [0.3, 0.4) is 0 Å². The molecule has 2 aliphatic rings. The summed E-state index contributed by atoms with van der Waals surface area (Å²) in [6.07, 6.45) is 12.7. The van der Waals surface area contributed by atoms with Crippen LogP contribution >= 0.6 is 0 Å². The molecule has 0 saturated carbocycles. The van der Waals surface area contributed by atoms with Gasteiger partial charge in [-0.05, 0) is 79.4 Å². The van der Waals surface area contributed by atoms with Crippen LogP contribution in [0.4, 0.5) is 0 Å². The summed E-state index contributed by atoms with van der Waals surface area (Å²) in [4.78, 5) is 42.5. The predicted octanol–water partition coefficient (Wildman–Crippen LogP) is 7.64. The number of nitrogens with zero attached hydrogens (tertiary/aromatic N) is 7. The van der Waals surface area contributed by atoms with Gasteiger partial charge in [-0.15, -0.1) is 0 Å². The molecule has 14 heteroatoms. The number of esters is 1. The SMILES string of the molecule is CC(=O)OCC(=O)N(Cc1ccc(CN2CCC3(CCN(CC(C)C)CC3)C2)cc1)CC(Cc1nccn1COCC[Si](C)(C)C)Cc1nccn1COCC[Si](C)(C)C. The first-order chi connectivity index (χ1) is 28.4. The van der Waals surface area contributed by atoms with Gasteiger partial charge in [-0.3, -0.25) is 14.5 Å². The van der Waals surface area contributed by atoms with Gasteiger partial charge in [-0.1, -0.05) is 77.4 Å². The Labute approximate surface area is 363 Å². The number of hydrogen-bond acceptors (Lipinski definition) is 9. The van der Waals surface area contributed by atoms with E-state index >= 15 is 0 Å². The molecule has 0 aliphatic carbocycles. The summed E-state index contributed by atoms with van der Waals surface area (Å²) >= 11 is 0. The minimum atomic E-state index is -1.22. The highest BCUT2D eigenvalue weighted by molar-refractivity contribution is 6.76. The van der Waals surface area contributed by atoms with E-state index in [2.05, 4.69) is 96.3 Å². The van der Waals surface area contributed by atoms with Gasteiger partial charge in [0.05, 0.1) is 0 Å². The highest BCUT2D eigenvalue weighted by Crippen LogP contribution is 2.41. The molecule has 0 atom stereocenters. The van der Waals surface area contributed by atoms with Crippen LogP contribution in [0.1, 0.15) is 62.8 Å². The zero-order valence-corrected chi connectivity index (χ0v) is 40.6. The summed E-state index contributed by atoms with van der Waals surface area (Å²) in [7, 11) is -2.45. The average molecular weight is 864 g/mol. The van der Waals surface area contributed by atoms with Crippen molar-refractivity contribution >= 4 is 28.0 Å². The Bertz CT molecular complexity index is 1700. The zero-order chi connectivity index (χ0) is 43.3. The molecule has 0 unspecified atom stereocenters. The largest absolute Gasteiger partial charge is 0.456 e. The number of benzene rings is 1. The second-order valence-corrected chi connectivity index (χ2v) is 31.9. The van der Waals surface area contributed by atoms with Crippen LogP contribution in [0.15, 0.2) is 49.1 Å². The van der Waals surface area contributed by atoms with Crippen LogP contribution in [0.25, 0.3) is 0 Å². The van der Waals surface area contributed by atoms with E-state index < -0.39 is 22.1 Å². The van der Waals surface area contributed by atoms with E-state index in [1.165, 1.54) is 57.9 Å². The number of carbonyl (C=O) groups excluding carboxylic acids is 2. The molecule has 0 N–H and O–H groups in total. The molecule has 2 fully saturated rings. The van der Waals surface area contributed by atoms with Gasteiger partial charge in [-0.25, -0.2) is 9.97 Å². The lowest BCUT2D eigenvalue weighted by Crippen LogP contribution is -2.42. The van der Waals surface area contributed by atoms with Crippen molar-refractivity contribution in [2.75, 3.05) is 59.1 Å². The van der Waals surface area contributed by atoms with E-state index in [-0.39, 0.29) is 18.4 Å². The second kappa shape index (κ2) is 22.3. The summed E-state index contributed by atoms with van der Waals surface area (Å²) in [5, 5.41) is 0. The molecule has 4 heterocycles. The number of carbonyl (C=O) groups is 2. The van der Waals surface area contributed by atoms with Gasteiger partial charge >= 0.3 is 5.97 Å². The van der Waals surface area contributed by atoms with E-state index in [1.54, 1.807) is 0 Å². The summed E-state index contributed by atoms with van der Waals surface area (Å²) in [6.45, 7) is 29.9. The number of aromatic nitrogens is 4. The van der Waals surface area contributed by atoms with Gasteiger partial charge < -0.3 is 33.1 Å². The number of rotatable bonds is 24. The van der Waals surface area contributed by atoms with Crippen molar-refractivity contribution in [3.63, 3.8) is 0 Å². The van der Waals surface area contributed by atoms with E-state index in [4.69, 9.17) is 24.2 Å². The molecule has 2 aliphatic heterocycles. The normalized spacial score (nSPS) is 16.4. The molecule has 0 bridgehead atoms. The van der Waals surface area contributed by atoms with Crippen LogP contribution in [0.5, 0.6) is 0 Å².